The Morgan fingerprint density at radius 1 is 0.912 bits per heavy atom. The Balaban J connectivity index is 1.65. The van der Waals surface area contributed by atoms with Crippen molar-refractivity contribution >= 4 is 34.5 Å². The molecule has 7 heteroatoms. The Morgan fingerprint density at radius 2 is 1.62 bits per heavy atom. The maximum atomic E-state index is 13.7. The number of hydrogen-bond acceptors (Lipinski definition) is 4. The number of fused-ring (bicyclic) bond motifs is 1. The summed E-state index contributed by atoms with van der Waals surface area (Å²) in [6.07, 6.45) is 0. The van der Waals surface area contributed by atoms with Crippen molar-refractivity contribution in [1.29, 1.82) is 0 Å². The number of carbonyl (C=O) groups is 2. The molecule has 174 valence electrons. The van der Waals surface area contributed by atoms with Crippen LogP contribution in [0.5, 0.6) is 0 Å². The van der Waals surface area contributed by atoms with E-state index >= 15 is 0 Å². The molecule has 0 aromatic heterocycles. The highest BCUT2D eigenvalue weighted by Gasteiger charge is 2.28. The largest absolute Gasteiger partial charge is 0.354 e. The van der Waals surface area contributed by atoms with Gasteiger partial charge in [-0.3, -0.25) is 9.59 Å². The molecule has 3 aromatic carbocycles. The van der Waals surface area contributed by atoms with E-state index in [4.69, 9.17) is 0 Å². The third-order valence-corrected chi connectivity index (χ3v) is 5.67. The first kappa shape index (κ1) is 23.2. The van der Waals surface area contributed by atoms with Crippen LogP contribution in [0.4, 0.5) is 15.8 Å². The van der Waals surface area contributed by atoms with E-state index in [1.165, 1.54) is 12.1 Å². The number of halogens is 1. The maximum Gasteiger partial charge on any atom is 0.258 e. The van der Waals surface area contributed by atoms with E-state index in [1.54, 1.807) is 30.1 Å². The van der Waals surface area contributed by atoms with Gasteiger partial charge in [0.05, 0.1) is 17.0 Å². The highest BCUT2D eigenvalue weighted by molar-refractivity contribution is 6.37. The molecular weight excluding hydrogens is 431 g/mol. The lowest BCUT2D eigenvalue weighted by atomic mass is 10.00. The number of likely N-dealkylation sites (N-methyl/N-ethyl adjacent to an activating group) is 2. The topological polar surface area (TPSA) is 64.7 Å². The molecule has 2 amide bonds. The number of anilines is 2. The third-order valence-electron chi connectivity index (χ3n) is 5.67. The fourth-order valence-electron chi connectivity index (χ4n) is 3.79. The van der Waals surface area contributed by atoms with Gasteiger partial charge in [0, 0.05) is 37.0 Å². The minimum absolute atomic E-state index is 0.0545. The Morgan fingerprint density at radius 3 is 2.29 bits per heavy atom. The van der Waals surface area contributed by atoms with Crippen LogP contribution in [0.1, 0.15) is 21.5 Å². The van der Waals surface area contributed by atoms with E-state index in [-0.39, 0.29) is 11.8 Å². The SMILES string of the molecule is CN(C)CCN(C)C(=O)c1ccc(N/C(=C2\C(=O)Nc3cc(F)ccc32)c2ccccc2)cc1. The number of hydrogen-bond donors (Lipinski definition) is 2. The van der Waals surface area contributed by atoms with Crippen molar-refractivity contribution in [3.63, 3.8) is 0 Å². The summed E-state index contributed by atoms with van der Waals surface area (Å²) in [6.45, 7) is 1.41. The number of nitrogens with zero attached hydrogens (tertiary/aromatic N) is 2. The van der Waals surface area contributed by atoms with Crippen LogP contribution >= 0.6 is 0 Å². The molecule has 4 rings (SSSR count). The number of carbonyl (C=O) groups excluding carboxylic acids is 2. The summed E-state index contributed by atoms with van der Waals surface area (Å²) >= 11 is 0. The fourth-order valence-corrected chi connectivity index (χ4v) is 3.79. The van der Waals surface area contributed by atoms with Crippen LogP contribution in [0.25, 0.3) is 11.3 Å². The van der Waals surface area contributed by atoms with Gasteiger partial charge in [0.2, 0.25) is 0 Å². The van der Waals surface area contributed by atoms with Crippen molar-refractivity contribution in [3.05, 3.63) is 95.3 Å². The second kappa shape index (κ2) is 9.89. The van der Waals surface area contributed by atoms with Crippen molar-refractivity contribution in [1.82, 2.24) is 9.80 Å². The fraction of sp³-hybridized carbons (Fsp3) is 0.185. The molecule has 2 N–H and O–H groups in total. The molecule has 6 nitrogen and oxygen atoms in total. The maximum absolute atomic E-state index is 13.7. The van der Waals surface area contributed by atoms with Crippen LogP contribution in [0.15, 0.2) is 72.8 Å². The standard InChI is InChI=1S/C27H27FN4O2/c1-31(2)15-16-32(3)27(34)19-9-12-21(13-10-19)29-25(18-7-5-4-6-8-18)24-22-14-11-20(28)17-23(22)30-26(24)33/h4-14,17,29H,15-16H2,1-3H3,(H,30,33)/b25-24-. The van der Waals surface area contributed by atoms with Gasteiger partial charge in [0.25, 0.3) is 11.8 Å². The molecule has 0 radical (unpaired) electrons. The van der Waals surface area contributed by atoms with Crippen molar-refractivity contribution in [2.75, 3.05) is 44.9 Å². The smallest absolute Gasteiger partial charge is 0.258 e. The molecule has 0 atom stereocenters. The van der Waals surface area contributed by atoms with E-state index in [9.17, 15) is 14.0 Å². The lowest BCUT2D eigenvalue weighted by Gasteiger charge is -2.20. The van der Waals surface area contributed by atoms with Gasteiger partial charge in [-0.15, -0.1) is 0 Å². The van der Waals surface area contributed by atoms with Crippen LogP contribution in [-0.2, 0) is 4.79 Å². The zero-order valence-corrected chi connectivity index (χ0v) is 19.4. The predicted molar refractivity (Wildman–Crippen MR) is 134 cm³/mol. The lowest BCUT2D eigenvalue weighted by Crippen LogP contribution is -2.33. The normalized spacial score (nSPS) is 14.0. The first-order valence-corrected chi connectivity index (χ1v) is 11.0. The van der Waals surface area contributed by atoms with E-state index in [2.05, 4.69) is 10.6 Å². The molecular formula is C27H27FN4O2. The van der Waals surface area contributed by atoms with Crippen molar-refractivity contribution in [3.8, 4) is 0 Å². The molecule has 1 aliphatic rings. The van der Waals surface area contributed by atoms with E-state index in [1.807, 2.05) is 61.5 Å². The summed E-state index contributed by atoms with van der Waals surface area (Å²) in [5.74, 6) is -0.771. The highest BCUT2D eigenvalue weighted by atomic mass is 19.1. The second-order valence-electron chi connectivity index (χ2n) is 8.49. The monoisotopic (exact) mass is 458 g/mol. The quantitative estimate of drug-likeness (QED) is 0.516. The number of nitrogens with one attached hydrogen (secondary N) is 2. The number of rotatable bonds is 7. The molecule has 0 spiro atoms. The van der Waals surface area contributed by atoms with Gasteiger partial charge in [0.15, 0.2) is 0 Å². The molecule has 1 aliphatic heterocycles. The summed E-state index contributed by atoms with van der Waals surface area (Å²) in [4.78, 5) is 29.3. The minimum atomic E-state index is -0.412. The average molecular weight is 459 g/mol. The van der Waals surface area contributed by atoms with E-state index in [0.717, 1.165) is 17.8 Å². The molecule has 0 saturated carbocycles. The Labute approximate surface area is 198 Å². The van der Waals surface area contributed by atoms with Gasteiger partial charge >= 0.3 is 0 Å². The molecule has 0 unspecified atom stereocenters. The van der Waals surface area contributed by atoms with Crippen LogP contribution in [0.3, 0.4) is 0 Å². The van der Waals surface area contributed by atoms with Gasteiger partial charge in [-0.2, -0.15) is 0 Å². The summed E-state index contributed by atoms with van der Waals surface area (Å²) < 4.78 is 13.7. The molecule has 3 aromatic rings. The number of benzene rings is 3. The van der Waals surface area contributed by atoms with Gasteiger partial charge in [-0.05, 0) is 62.1 Å². The molecule has 0 saturated heterocycles. The van der Waals surface area contributed by atoms with Crippen LogP contribution in [-0.4, -0.2) is 55.8 Å². The van der Waals surface area contributed by atoms with Gasteiger partial charge in [0.1, 0.15) is 5.82 Å². The summed E-state index contributed by atoms with van der Waals surface area (Å²) in [6, 6.07) is 20.9. The minimum Gasteiger partial charge on any atom is -0.354 e. The third kappa shape index (κ3) is 5.00. The van der Waals surface area contributed by atoms with Crippen LogP contribution in [0.2, 0.25) is 0 Å². The van der Waals surface area contributed by atoms with Crippen LogP contribution in [0, 0.1) is 5.82 Å². The molecule has 34 heavy (non-hydrogen) atoms. The Hall–Kier alpha value is -3.97. The summed E-state index contributed by atoms with van der Waals surface area (Å²) in [5, 5.41) is 6.10. The summed E-state index contributed by atoms with van der Waals surface area (Å²) in [7, 11) is 5.73. The highest BCUT2D eigenvalue weighted by Crippen LogP contribution is 2.37. The zero-order valence-electron chi connectivity index (χ0n) is 19.4. The molecule has 1 heterocycles. The summed E-state index contributed by atoms with van der Waals surface area (Å²) in [5.41, 5.74) is 4.23. The first-order valence-electron chi connectivity index (χ1n) is 11.0. The molecule has 0 aliphatic carbocycles. The van der Waals surface area contributed by atoms with Gasteiger partial charge in [-0.25, -0.2) is 4.39 Å². The van der Waals surface area contributed by atoms with Crippen molar-refractivity contribution in [2.45, 2.75) is 0 Å². The van der Waals surface area contributed by atoms with Crippen LogP contribution < -0.4 is 10.6 Å². The van der Waals surface area contributed by atoms with E-state index in [0.29, 0.717) is 34.6 Å². The lowest BCUT2D eigenvalue weighted by molar-refractivity contribution is -0.110. The Bertz CT molecular complexity index is 1240. The van der Waals surface area contributed by atoms with Crippen molar-refractivity contribution < 1.29 is 14.0 Å². The predicted octanol–water partition coefficient (Wildman–Crippen LogP) is 4.39. The van der Waals surface area contributed by atoms with Crippen molar-refractivity contribution in [2.24, 2.45) is 0 Å². The average Bonchev–Trinajstić information content (AvgIpc) is 3.15. The first-order chi connectivity index (χ1) is 16.3. The number of amides is 2. The van der Waals surface area contributed by atoms with Gasteiger partial charge in [-0.1, -0.05) is 30.3 Å². The second-order valence-corrected chi connectivity index (χ2v) is 8.49. The molecule has 0 bridgehead atoms. The van der Waals surface area contributed by atoms with Gasteiger partial charge < -0.3 is 20.4 Å². The Kier molecular flexibility index (Phi) is 6.75. The zero-order chi connectivity index (χ0) is 24.2. The van der Waals surface area contributed by atoms with E-state index < -0.39 is 5.82 Å². The molecule has 0 fully saturated rings.